The van der Waals surface area contributed by atoms with Crippen molar-refractivity contribution in [1.29, 1.82) is 0 Å². The molecular formula is C11H15BrClNO. The minimum absolute atomic E-state index is 0.102. The Hall–Kier alpha value is -0.0900. The molecule has 1 aromatic carbocycles. The standard InChI is InChI=1S/C11H15BrClNO/c1-11(2,7-15)14-6-8-5-9(13)3-4-10(8)12/h3-5,14-15H,6-7H2,1-2H3. The van der Waals surface area contributed by atoms with E-state index in [0.717, 1.165) is 15.1 Å². The molecule has 1 aromatic rings. The van der Waals surface area contributed by atoms with E-state index in [1.165, 1.54) is 0 Å². The van der Waals surface area contributed by atoms with Crippen LogP contribution in [0.25, 0.3) is 0 Å². The topological polar surface area (TPSA) is 32.3 Å². The Bertz CT molecular complexity index is 341. The first-order valence-electron chi connectivity index (χ1n) is 4.74. The van der Waals surface area contributed by atoms with Crippen molar-refractivity contribution < 1.29 is 5.11 Å². The predicted octanol–water partition coefficient (Wildman–Crippen LogP) is 2.96. The molecule has 2 nitrogen and oxygen atoms in total. The quantitative estimate of drug-likeness (QED) is 0.894. The molecule has 0 saturated heterocycles. The fourth-order valence-electron chi connectivity index (χ4n) is 1.07. The number of halogens is 2. The van der Waals surface area contributed by atoms with E-state index in [1.807, 2.05) is 32.0 Å². The van der Waals surface area contributed by atoms with Gasteiger partial charge in [-0.05, 0) is 37.6 Å². The summed E-state index contributed by atoms with van der Waals surface area (Å²) in [6.45, 7) is 4.68. The summed E-state index contributed by atoms with van der Waals surface area (Å²) in [6.07, 6.45) is 0. The maximum absolute atomic E-state index is 9.10. The van der Waals surface area contributed by atoms with E-state index < -0.39 is 0 Å². The van der Waals surface area contributed by atoms with Gasteiger partial charge in [-0.2, -0.15) is 0 Å². The van der Waals surface area contributed by atoms with Gasteiger partial charge in [0, 0.05) is 21.6 Å². The molecule has 0 heterocycles. The van der Waals surface area contributed by atoms with E-state index in [4.69, 9.17) is 16.7 Å². The van der Waals surface area contributed by atoms with Gasteiger partial charge >= 0.3 is 0 Å². The normalized spacial score (nSPS) is 11.8. The summed E-state index contributed by atoms with van der Waals surface area (Å²) in [6, 6.07) is 5.67. The van der Waals surface area contributed by atoms with Crippen molar-refractivity contribution in [2.75, 3.05) is 6.61 Å². The van der Waals surface area contributed by atoms with Gasteiger partial charge in [-0.15, -0.1) is 0 Å². The van der Waals surface area contributed by atoms with E-state index in [2.05, 4.69) is 21.2 Å². The van der Waals surface area contributed by atoms with Gasteiger partial charge < -0.3 is 10.4 Å². The van der Waals surface area contributed by atoms with Crippen LogP contribution in [0.3, 0.4) is 0 Å². The molecule has 2 N–H and O–H groups in total. The van der Waals surface area contributed by atoms with Gasteiger partial charge in [-0.3, -0.25) is 0 Å². The smallest absolute Gasteiger partial charge is 0.0607 e. The molecule has 0 spiro atoms. The SMILES string of the molecule is CC(C)(CO)NCc1cc(Cl)ccc1Br. The number of benzene rings is 1. The van der Waals surface area contributed by atoms with Gasteiger partial charge in [0.05, 0.1) is 6.61 Å². The van der Waals surface area contributed by atoms with Crippen molar-refractivity contribution in [2.45, 2.75) is 25.9 Å². The molecule has 15 heavy (non-hydrogen) atoms. The number of rotatable bonds is 4. The van der Waals surface area contributed by atoms with Crippen LogP contribution in [0.5, 0.6) is 0 Å². The lowest BCUT2D eigenvalue weighted by Gasteiger charge is -2.23. The van der Waals surface area contributed by atoms with Crippen molar-refractivity contribution in [3.05, 3.63) is 33.3 Å². The summed E-state index contributed by atoms with van der Waals surface area (Å²) < 4.78 is 1.02. The lowest BCUT2D eigenvalue weighted by molar-refractivity contribution is 0.187. The summed E-state index contributed by atoms with van der Waals surface area (Å²) >= 11 is 9.36. The molecule has 0 atom stereocenters. The zero-order chi connectivity index (χ0) is 11.5. The van der Waals surface area contributed by atoms with E-state index in [0.29, 0.717) is 6.54 Å². The second-order valence-electron chi connectivity index (χ2n) is 4.13. The number of hydrogen-bond donors (Lipinski definition) is 2. The molecule has 4 heteroatoms. The average molecular weight is 293 g/mol. The summed E-state index contributed by atoms with van der Waals surface area (Å²) in [5.41, 5.74) is 0.811. The van der Waals surface area contributed by atoms with Gasteiger partial charge in [0.25, 0.3) is 0 Å². The van der Waals surface area contributed by atoms with Crippen molar-refractivity contribution in [3.8, 4) is 0 Å². The lowest BCUT2D eigenvalue weighted by atomic mass is 10.1. The number of aliphatic hydroxyl groups is 1. The van der Waals surface area contributed by atoms with Gasteiger partial charge in [-0.1, -0.05) is 27.5 Å². The van der Waals surface area contributed by atoms with Crippen LogP contribution in [0.1, 0.15) is 19.4 Å². The van der Waals surface area contributed by atoms with Crippen LogP contribution >= 0.6 is 27.5 Å². The third kappa shape index (κ3) is 4.11. The molecule has 0 bridgehead atoms. The Morgan fingerprint density at radius 1 is 1.47 bits per heavy atom. The fraction of sp³-hybridized carbons (Fsp3) is 0.455. The molecule has 84 valence electrons. The summed E-state index contributed by atoms with van der Waals surface area (Å²) in [5.74, 6) is 0. The average Bonchev–Trinajstić information content (AvgIpc) is 2.20. The molecule has 0 saturated carbocycles. The van der Waals surface area contributed by atoms with Crippen LogP contribution in [0.2, 0.25) is 5.02 Å². The van der Waals surface area contributed by atoms with Crippen molar-refractivity contribution in [1.82, 2.24) is 5.32 Å². The first-order valence-corrected chi connectivity index (χ1v) is 5.91. The van der Waals surface area contributed by atoms with Crippen LogP contribution in [-0.2, 0) is 6.54 Å². The van der Waals surface area contributed by atoms with Crippen LogP contribution in [-0.4, -0.2) is 17.3 Å². The Morgan fingerprint density at radius 2 is 2.13 bits per heavy atom. The molecule has 0 aromatic heterocycles. The van der Waals surface area contributed by atoms with Gasteiger partial charge in [0.15, 0.2) is 0 Å². The number of nitrogens with one attached hydrogen (secondary N) is 1. The van der Waals surface area contributed by atoms with Crippen LogP contribution in [0.15, 0.2) is 22.7 Å². The van der Waals surface area contributed by atoms with Gasteiger partial charge in [0.2, 0.25) is 0 Å². The van der Waals surface area contributed by atoms with E-state index in [-0.39, 0.29) is 12.1 Å². The monoisotopic (exact) mass is 291 g/mol. The minimum atomic E-state index is -0.276. The van der Waals surface area contributed by atoms with Crippen LogP contribution in [0.4, 0.5) is 0 Å². The highest BCUT2D eigenvalue weighted by molar-refractivity contribution is 9.10. The summed E-state index contributed by atoms with van der Waals surface area (Å²) in [5, 5.41) is 13.1. The third-order valence-corrected chi connectivity index (χ3v) is 3.17. The van der Waals surface area contributed by atoms with Crippen LogP contribution < -0.4 is 5.32 Å². The predicted molar refractivity (Wildman–Crippen MR) is 67.2 cm³/mol. The molecule has 0 fully saturated rings. The van der Waals surface area contributed by atoms with Crippen molar-refractivity contribution in [3.63, 3.8) is 0 Å². The molecule has 0 amide bonds. The second kappa shape index (κ2) is 5.30. The first-order chi connectivity index (χ1) is 6.94. The third-order valence-electron chi connectivity index (χ3n) is 2.16. The highest BCUT2D eigenvalue weighted by atomic mass is 79.9. The fourth-order valence-corrected chi connectivity index (χ4v) is 1.65. The highest BCUT2D eigenvalue weighted by Gasteiger charge is 2.15. The Kier molecular flexibility index (Phi) is 4.59. The lowest BCUT2D eigenvalue weighted by Crippen LogP contribution is -2.42. The Balaban J connectivity index is 2.69. The van der Waals surface area contributed by atoms with Crippen molar-refractivity contribution >= 4 is 27.5 Å². The maximum Gasteiger partial charge on any atom is 0.0607 e. The molecule has 0 aliphatic heterocycles. The Labute approximate surface area is 104 Å². The van der Waals surface area contributed by atoms with E-state index in [9.17, 15) is 0 Å². The number of hydrogen-bond acceptors (Lipinski definition) is 2. The molecule has 1 rings (SSSR count). The second-order valence-corrected chi connectivity index (χ2v) is 5.42. The highest BCUT2D eigenvalue weighted by Crippen LogP contribution is 2.21. The minimum Gasteiger partial charge on any atom is -0.394 e. The number of aliphatic hydroxyl groups excluding tert-OH is 1. The van der Waals surface area contributed by atoms with Crippen molar-refractivity contribution in [2.24, 2.45) is 0 Å². The summed E-state index contributed by atoms with van der Waals surface area (Å²) in [7, 11) is 0. The maximum atomic E-state index is 9.10. The zero-order valence-electron chi connectivity index (χ0n) is 8.85. The molecule has 0 aliphatic rings. The molecule has 0 unspecified atom stereocenters. The molecular weight excluding hydrogens is 277 g/mol. The van der Waals surface area contributed by atoms with Gasteiger partial charge in [-0.25, -0.2) is 0 Å². The molecule has 0 radical (unpaired) electrons. The Morgan fingerprint density at radius 3 is 2.73 bits per heavy atom. The van der Waals surface area contributed by atoms with E-state index >= 15 is 0 Å². The first kappa shape index (κ1) is 13.0. The summed E-state index contributed by atoms with van der Waals surface area (Å²) in [4.78, 5) is 0. The van der Waals surface area contributed by atoms with Crippen LogP contribution in [0, 0.1) is 0 Å². The zero-order valence-corrected chi connectivity index (χ0v) is 11.2. The largest absolute Gasteiger partial charge is 0.394 e. The van der Waals surface area contributed by atoms with E-state index in [1.54, 1.807) is 0 Å². The molecule has 0 aliphatic carbocycles. The van der Waals surface area contributed by atoms with Gasteiger partial charge in [0.1, 0.15) is 0 Å².